The Morgan fingerprint density at radius 1 is 1.53 bits per heavy atom. The monoisotopic (exact) mass is 264 g/mol. The van der Waals surface area contributed by atoms with E-state index >= 15 is 0 Å². The highest BCUT2D eigenvalue weighted by Crippen LogP contribution is 2.21. The first-order chi connectivity index (χ1) is 9.13. The van der Waals surface area contributed by atoms with Gasteiger partial charge in [0.05, 0.1) is 11.8 Å². The fourth-order valence-corrected chi connectivity index (χ4v) is 2.48. The lowest BCUT2D eigenvalue weighted by atomic mass is 10.2. The number of anilines is 1. The molecule has 1 fully saturated rings. The van der Waals surface area contributed by atoms with Crippen LogP contribution in [0.3, 0.4) is 0 Å². The van der Waals surface area contributed by atoms with E-state index in [1.165, 1.54) is 0 Å². The van der Waals surface area contributed by atoms with Crippen molar-refractivity contribution in [1.82, 2.24) is 15.1 Å². The molecule has 1 aromatic heterocycles. The van der Waals surface area contributed by atoms with Crippen LogP contribution in [0.25, 0.3) is 0 Å². The maximum Gasteiger partial charge on any atom is 0.173 e. The van der Waals surface area contributed by atoms with Crippen molar-refractivity contribution in [3.63, 3.8) is 0 Å². The lowest BCUT2D eigenvalue weighted by molar-refractivity contribution is 0.318. The number of hydrogen-bond donors (Lipinski definition) is 2. The molecule has 2 rings (SSSR count). The van der Waals surface area contributed by atoms with Gasteiger partial charge in [0, 0.05) is 19.1 Å². The van der Waals surface area contributed by atoms with Crippen LogP contribution in [-0.2, 0) is 0 Å². The summed E-state index contributed by atoms with van der Waals surface area (Å²) >= 11 is 0. The number of nitrogens with zero attached hydrogens (tertiary/aromatic N) is 5. The molecule has 1 aliphatic rings. The van der Waals surface area contributed by atoms with Crippen LogP contribution in [-0.4, -0.2) is 58.9 Å². The maximum absolute atomic E-state index is 8.86. The van der Waals surface area contributed by atoms with Crippen LogP contribution in [0, 0.1) is 0 Å². The van der Waals surface area contributed by atoms with Gasteiger partial charge in [0.25, 0.3) is 0 Å². The van der Waals surface area contributed by atoms with Gasteiger partial charge in [-0.2, -0.15) is 5.10 Å². The molecule has 0 aromatic carbocycles. The normalized spacial score (nSPS) is 22.3. The van der Waals surface area contributed by atoms with Crippen molar-refractivity contribution >= 4 is 11.7 Å². The third kappa shape index (κ3) is 2.93. The summed E-state index contributed by atoms with van der Waals surface area (Å²) in [7, 11) is 2.11. The zero-order chi connectivity index (χ0) is 13.8. The van der Waals surface area contributed by atoms with Crippen molar-refractivity contribution in [1.29, 1.82) is 0 Å². The first-order valence-corrected chi connectivity index (χ1v) is 6.38. The molecule has 1 unspecified atom stereocenters. The molecular weight excluding hydrogens is 244 g/mol. The van der Waals surface area contributed by atoms with Crippen molar-refractivity contribution in [3.8, 4) is 0 Å². The van der Waals surface area contributed by atoms with Crippen LogP contribution in [0.1, 0.15) is 18.9 Å². The van der Waals surface area contributed by atoms with E-state index in [-0.39, 0.29) is 5.84 Å². The fraction of sp³-hybridized carbons (Fsp3) is 0.583. The average Bonchev–Trinajstić information content (AvgIpc) is 2.58. The van der Waals surface area contributed by atoms with Gasteiger partial charge in [-0.05, 0) is 33.0 Å². The number of aromatic nitrogens is 2. The van der Waals surface area contributed by atoms with Gasteiger partial charge in [-0.1, -0.05) is 5.16 Å². The van der Waals surface area contributed by atoms with Crippen molar-refractivity contribution in [2.45, 2.75) is 19.4 Å². The predicted octanol–water partition coefficient (Wildman–Crippen LogP) is 0.102. The Morgan fingerprint density at radius 3 is 3.05 bits per heavy atom. The van der Waals surface area contributed by atoms with E-state index in [1.54, 1.807) is 12.3 Å². The summed E-state index contributed by atoms with van der Waals surface area (Å²) < 4.78 is 0. The average molecular weight is 264 g/mol. The molecule has 19 heavy (non-hydrogen) atoms. The van der Waals surface area contributed by atoms with Crippen molar-refractivity contribution in [3.05, 3.63) is 17.8 Å². The smallest absolute Gasteiger partial charge is 0.173 e. The van der Waals surface area contributed by atoms with E-state index in [0.29, 0.717) is 17.4 Å². The molecule has 0 saturated carbocycles. The number of rotatable bonds is 2. The zero-order valence-electron chi connectivity index (χ0n) is 11.3. The molecule has 0 amide bonds. The van der Waals surface area contributed by atoms with Crippen LogP contribution in [0.2, 0.25) is 0 Å². The Labute approximate surface area is 112 Å². The summed E-state index contributed by atoms with van der Waals surface area (Å²) in [4.78, 5) is 4.47. The van der Waals surface area contributed by atoms with E-state index in [9.17, 15) is 0 Å². The molecule has 1 saturated heterocycles. The first-order valence-electron chi connectivity index (χ1n) is 6.38. The van der Waals surface area contributed by atoms with Crippen molar-refractivity contribution in [2.24, 2.45) is 10.9 Å². The van der Waals surface area contributed by atoms with Crippen LogP contribution in [0.4, 0.5) is 5.82 Å². The van der Waals surface area contributed by atoms with Gasteiger partial charge in [0.2, 0.25) is 0 Å². The second kappa shape index (κ2) is 5.83. The molecule has 2 heterocycles. The number of hydrogen-bond acceptors (Lipinski definition) is 6. The second-order valence-corrected chi connectivity index (χ2v) is 4.91. The number of likely N-dealkylation sites (N-methyl/N-ethyl adjacent to an activating group) is 1. The molecule has 1 aromatic rings. The van der Waals surface area contributed by atoms with Gasteiger partial charge in [-0.25, -0.2) is 0 Å². The molecule has 0 bridgehead atoms. The molecule has 1 atom stereocenters. The minimum absolute atomic E-state index is 0.0645. The SMILES string of the molecule is CC1CN(C)CCCN1c1nnccc1/C(N)=N/O. The second-order valence-electron chi connectivity index (χ2n) is 4.91. The van der Waals surface area contributed by atoms with E-state index in [4.69, 9.17) is 10.9 Å². The standard InChI is InChI=1S/C12H20N6O/c1-9-8-17(2)6-3-7-18(9)12-10(11(13)16-19)4-5-14-15-12/h4-5,9,19H,3,6-8H2,1-2H3,(H2,13,16). The minimum atomic E-state index is 0.0645. The van der Waals surface area contributed by atoms with Crippen molar-refractivity contribution in [2.75, 3.05) is 31.6 Å². The Morgan fingerprint density at radius 2 is 2.32 bits per heavy atom. The largest absolute Gasteiger partial charge is 0.409 e. The van der Waals surface area contributed by atoms with Gasteiger partial charge in [0.1, 0.15) is 0 Å². The van der Waals surface area contributed by atoms with Crippen LogP contribution < -0.4 is 10.6 Å². The molecule has 0 spiro atoms. The van der Waals surface area contributed by atoms with Gasteiger partial charge in [-0.15, -0.1) is 5.10 Å². The van der Waals surface area contributed by atoms with E-state index in [1.807, 2.05) is 0 Å². The number of oxime groups is 1. The lowest BCUT2D eigenvalue weighted by Crippen LogP contribution is -2.39. The zero-order valence-corrected chi connectivity index (χ0v) is 11.3. The number of nitrogens with two attached hydrogens (primary N) is 1. The third-order valence-corrected chi connectivity index (χ3v) is 3.40. The molecule has 3 N–H and O–H groups in total. The molecule has 7 heteroatoms. The lowest BCUT2D eigenvalue weighted by Gasteiger charge is -2.29. The Kier molecular flexibility index (Phi) is 4.16. The molecule has 1 aliphatic heterocycles. The van der Waals surface area contributed by atoms with Crippen LogP contribution in [0.5, 0.6) is 0 Å². The Bertz CT molecular complexity index is 463. The molecule has 0 aliphatic carbocycles. The Hall–Kier alpha value is -1.89. The minimum Gasteiger partial charge on any atom is -0.409 e. The topological polar surface area (TPSA) is 90.9 Å². The third-order valence-electron chi connectivity index (χ3n) is 3.40. The van der Waals surface area contributed by atoms with Gasteiger partial charge in [0.15, 0.2) is 11.7 Å². The van der Waals surface area contributed by atoms with Gasteiger partial charge in [-0.3, -0.25) is 0 Å². The molecule has 104 valence electrons. The molecule has 7 nitrogen and oxygen atoms in total. The molecular formula is C12H20N6O. The summed E-state index contributed by atoms with van der Waals surface area (Å²) in [5, 5.41) is 20.0. The van der Waals surface area contributed by atoms with E-state index < -0.39 is 0 Å². The summed E-state index contributed by atoms with van der Waals surface area (Å²) in [5.74, 6) is 0.746. The predicted molar refractivity (Wildman–Crippen MR) is 73.5 cm³/mol. The van der Waals surface area contributed by atoms with E-state index in [0.717, 1.165) is 26.1 Å². The van der Waals surface area contributed by atoms with Crippen molar-refractivity contribution < 1.29 is 5.21 Å². The highest BCUT2D eigenvalue weighted by atomic mass is 16.4. The first kappa shape index (κ1) is 13.5. The van der Waals surface area contributed by atoms with E-state index in [2.05, 4.69) is 39.1 Å². The number of amidine groups is 1. The summed E-state index contributed by atoms with van der Waals surface area (Å²) in [6, 6.07) is 2.02. The summed E-state index contributed by atoms with van der Waals surface area (Å²) in [6.07, 6.45) is 2.60. The highest BCUT2D eigenvalue weighted by Gasteiger charge is 2.24. The summed E-state index contributed by atoms with van der Waals surface area (Å²) in [6.45, 7) is 5.04. The fourth-order valence-electron chi connectivity index (χ4n) is 2.48. The molecule has 0 radical (unpaired) electrons. The summed E-state index contributed by atoms with van der Waals surface area (Å²) in [5.41, 5.74) is 6.33. The van der Waals surface area contributed by atoms with Crippen LogP contribution >= 0.6 is 0 Å². The quantitative estimate of drug-likeness (QED) is 0.341. The maximum atomic E-state index is 8.86. The van der Waals surface area contributed by atoms with Crippen LogP contribution in [0.15, 0.2) is 17.4 Å². The highest BCUT2D eigenvalue weighted by molar-refractivity contribution is 6.01. The van der Waals surface area contributed by atoms with Gasteiger partial charge < -0.3 is 20.7 Å². The Balaban J connectivity index is 2.35. The van der Waals surface area contributed by atoms with Gasteiger partial charge >= 0.3 is 0 Å².